The van der Waals surface area contributed by atoms with E-state index in [2.05, 4.69) is 142 Å². The zero-order chi connectivity index (χ0) is 42.2. The van der Waals surface area contributed by atoms with Gasteiger partial charge in [-0.25, -0.2) is 4.79 Å². The smallest absolute Gasteiger partial charge is 0.333 e. The molecular formula is C46H82O7Si2. The summed E-state index contributed by atoms with van der Waals surface area (Å²) in [4.78, 5) is 12.7. The fourth-order valence-corrected chi connectivity index (χ4v) is 20.7. The van der Waals surface area contributed by atoms with Gasteiger partial charge in [-0.15, -0.1) is 0 Å². The van der Waals surface area contributed by atoms with Crippen LogP contribution in [0.25, 0.3) is 0 Å². The minimum atomic E-state index is -2.35. The molecule has 0 saturated carbocycles. The van der Waals surface area contributed by atoms with Crippen molar-refractivity contribution in [2.24, 2.45) is 23.2 Å². The molecule has 1 N–H and O–H groups in total. The number of rotatable bonds is 21. The van der Waals surface area contributed by atoms with Gasteiger partial charge in [0, 0.05) is 24.4 Å². The SMILES string of the molecule is COC(=O)/C=C(\O[Si](C(C)C)(C(C)C)C(C)C)[C@H](C)CC(C)(C)C1=CC(O)[C@H](C)[C@@H]([C@@H](C)CC[C@H](OC)c2cccc(O[Si](C(C)C)(C(C)C)C(C)C)c2)O1. The maximum absolute atomic E-state index is 12.7. The number of aliphatic hydroxyl groups is 1. The van der Waals surface area contributed by atoms with Gasteiger partial charge in [0.05, 0.1) is 31.2 Å². The average molecular weight is 803 g/mol. The number of carbonyl (C=O) groups excluding carboxylic acids is 1. The van der Waals surface area contributed by atoms with Crippen LogP contribution in [0, 0.1) is 23.2 Å². The van der Waals surface area contributed by atoms with Gasteiger partial charge < -0.3 is 28.2 Å². The number of hydrogen-bond donors (Lipinski definition) is 1. The van der Waals surface area contributed by atoms with Crippen LogP contribution < -0.4 is 4.43 Å². The van der Waals surface area contributed by atoms with Gasteiger partial charge >= 0.3 is 5.97 Å². The zero-order valence-electron chi connectivity index (χ0n) is 38.4. The summed E-state index contributed by atoms with van der Waals surface area (Å²) < 4.78 is 32.3. The lowest BCUT2D eigenvalue weighted by atomic mass is 9.77. The van der Waals surface area contributed by atoms with Crippen molar-refractivity contribution in [2.75, 3.05) is 14.2 Å². The highest BCUT2D eigenvalue weighted by Crippen LogP contribution is 2.48. The van der Waals surface area contributed by atoms with Crippen molar-refractivity contribution in [3.05, 3.63) is 53.5 Å². The lowest BCUT2D eigenvalue weighted by Gasteiger charge is -2.45. The first-order valence-electron chi connectivity index (χ1n) is 21.3. The normalized spacial score (nSPS) is 20.6. The summed E-state index contributed by atoms with van der Waals surface area (Å²) in [5, 5.41) is 11.4. The minimum absolute atomic E-state index is 0.0706. The Kier molecular flexibility index (Phi) is 18.3. The van der Waals surface area contributed by atoms with Crippen LogP contribution in [0.5, 0.6) is 5.75 Å². The monoisotopic (exact) mass is 803 g/mol. The zero-order valence-corrected chi connectivity index (χ0v) is 40.4. The van der Waals surface area contributed by atoms with E-state index in [-0.39, 0.29) is 30.0 Å². The molecule has 0 fully saturated rings. The first-order chi connectivity index (χ1) is 25.4. The quantitative estimate of drug-likeness (QED) is 0.0573. The molecule has 55 heavy (non-hydrogen) atoms. The molecule has 0 aliphatic carbocycles. The van der Waals surface area contributed by atoms with E-state index in [0.29, 0.717) is 45.4 Å². The van der Waals surface area contributed by atoms with Crippen molar-refractivity contribution >= 4 is 22.6 Å². The van der Waals surface area contributed by atoms with Crippen LogP contribution in [0.3, 0.4) is 0 Å². The molecule has 0 saturated heterocycles. The molecule has 0 aromatic heterocycles. The number of benzene rings is 1. The highest BCUT2D eigenvalue weighted by atomic mass is 28.4. The first-order valence-corrected chi connectivity index (χ1v) is 25.6. The molecule has 316 valence electrons. The summed E-state index contributed by atoms with van der Waals surface area (Å²) in [7, 11) is -1.25. The van der Waals surface area contributed by atoms with Crippen LogP contribution in [-0.4, -0.2) is 54.1 Å². The predicted molar refractivity (Wildman–Crippen MR) is 234 cm³/mol. The number of hydrogen-bond acceptors (Lipinski definition) is 7. The average Bonchev–Trinajstić information content (AvgIpc) is 3.08. The van der Waals surface area contributed by atoms with E-state index in [1.807, 2.05) is 6.08 Å². The fraction of sp³-hybridized carbons (Fsp3) is 0.761. The van der Waals surface area contributed by atoms with Gasteiger partial charge in [0.2, 0.25) is 0 Å². The largest absolute Gasteiger partial charge is 0.545 e. The van der Waals surface area contributed by atoms with Gasteiger partial charge in [-0.3, -0.25) is 0 Å². The van der Waals surface area contributed by atoms with E-state index in [1.165, 1.54) is 7.11 Å². The molecule has 1 aliphatic rings. The number of esters is 1. The Labute approximate surface area is 339 Å². The van der Waals surface area contributed by atoms with Crippen molar-refractivity contribution in [3.8, 4) is 5.75 Å². The third-order valence-electron chi connectivity index (χ3n) is 13.0. The van der Waals surface area contributed by atoms with E-state index in [1.54, 1.807) is 13.2 Å². The van der Waals surface area contributed by atoms with Crippen molar-refractivity contribution in [1.29, 1.82) is 0 Å². The first kappa shape index (κ1) is 49.1. The van der Waals surface area contributed by atoms with E-state index >= 15 is 0 Å². The van der Waals surface area contributed by atoms with Crippen molar-refractivity contribution in [3.63, 3.8) is 0 Å². The lowest BCUT2D eigenvalue weighted by Crippen LogP contribution is -2.50. The van der Waals surface area contributed by atoms with Crippen LogP contribution in [0.2, 0.25) is 33.2 Å². The lowest BCUT2D eigenvalue weighted by molar-refractivity contribution is -0.135. The third-order valence-corrected chi connectivity index (χ3v) is 25.0. The highest BCUT2D eigenvalue weighted by Gasteiger charge is 2.49. The van der Waals surface area contributed by atoms with Crippen molar-refractivity contribution in [2.45, 2.75) is 189 Å². The molecule has 2 rings (SSSR count). The fourth-order valence-electron chi connectivity index (χ4n) is 10.1. The van der Waals surface area contributed by atoms with Gasteiger partial charge in [-0.2, -0.15) is 0 Å². The number of allylic oxidation sites excluding steroid dienone is 2. The molecule has 6 atom stereocenters. The molecule has 1 aromatic rings. The predicted octanol–water partition coefficient (Wildman–Crippen LogP) is 12.9. The summed E-state index contributed by atoms with van der Waals surface area (Å²) in [6.45, 7) is 38.2. The van der Waals surface area contributed by atoms with Crippen LogP contribution in [0.4, 0.5) is 0 Å². The molecule has 1 heterocycles. The maximum atomic E-state index is 12.7. The second kappa shape index (κ2) is 20.6. The standard InChI is InChI=1S/C46H82O7Si2/c1-29(2)54(30(3)4,31(5)6)52-39-22-20-21-38(25-39)41(49-18)24-23-35(13)45-37(15)40(47)26-43(51-45)46(16,17)28-36(14)42(27-44(48)50-19)53-55(32(7)8,33(9)10)34(11)12/h20-22,25-27,29-37,40-41,45,47H,23-24,28H2,1-19H3/b42-27-/t35-,36+,37-,40?,41-,45+/m0/s1. The molecule has 0 spiro atoms. The molecule has 1 unspecified atom stereocenters. The van der Waals surface area contributed by atoms with Crippen LogP contribution in [0.1, 0.15) is 149 Å². The molecular weight excluding hydrogens is 721 g/mol. The number of methoxy groups -OCH3 is 2. The molecule has 1 aromatic carbocycles. The third kappa shape index (κ3) is 11.5. The maximum Gasteiger partial charge on any atom is 0.333 e. The summed E-state index contributed by atoms with van der Waals surface area (Å²) >= 11 is 0. The molecule has 0 amide bonds. The van der Waals surface area contributed by atoms with E-state index < -0.39 is 34.1 Å². The van der Waals surface area contributed by atoms with Crippen LogP contribution in [-0.2, 0) is 23.4 Å². The number of aliphatic hydroxyl groups excluding tert-OH is 1. The van der Waals surface area contributed by atoms with E-state index in [0.717, 1.165) is 29.9 Å². The Morgan fingerprint density at radius 1 is 0.836 bits per heavy atom. The second-order valence-corrected chi connectivity index (χ2v) is 30.0. The molecule has 7 nitrogen and oxygen atoms in total. The molecule has 0 radical (unpaired) electrons. The van der Waals surface area contributed by atoms with Crippen molar-refractivity contribution < 1.29 is 33.0 Å². The Morgan fingerprint density at radius 3 is 1.84 bits per heavy atom. The van der Waals surface area contributed by atoms with Gasteiger partial charge in [-0.1, -0.05) is 130 Å². The van der Waals surface area contributed by atoms with E-state index in [4.69, 9.17) is 23.1 Å². The summed E-state index contributed by atoms with van der Waals surface area (Å²) in [5.41, 5.74) is 3.21. The Hall–Kier alpha value is -2.08. The van der Waals surface area contributed by atoms with Gasteiger partial charge in [-0.05, 0) is 82.2 Å². The molecule has 1 aliphatic heterocycles. The Morgan fingerprint density at radius 2 is 1.36 bits per heavy atom. The molecule has 0 bridgehead atoms. The second-order valence-electron chi connectivity index (χ2n) is 19.2. The van der Waals surface area contributed by atoms with Gasteiger partial charge in [0.1, 0.15) is 17.6 Å². The summed E-state index contributed by atoms with van der Waals surface area (Å²) in [5.74, 6) is 2.01. The highest BCUT2D eigenvalue weighted by molar-refractivity contribution is 6.78. The topological polar surface area (TPSA) is 83.5 Å². The molecule has 9 heteroatoms. The van der Waals surface area contributed by atoms with E-state index in [9.17, 15) is 9.90 Å². The number of carbonyl (C=O) groups is 1. The summed E-state index contributed by atoms with van der Waals surface area (Å²) in [6, 6.07) is 8.52. The Bertz CT molecular complexity index is 1370. The minimum Gasteiger partial charge on any atom is -0.545 e. The summed E-state index contributed by atoms with van der Waals surface area (Å²) in [6.07, 6.45) is 4.92. The van der Waals surface area contributed by atoms with Gasteiger partial charge in [0.15, 0.2) is 0 Å². The van der Waals surface area contributed by atoms with Crippen molar-refractivity contribution in [1.82, 2.24) is 0 Å². The van der Waals surface area contributed by atoms with Crippen LogP contribution >= 0.6 is 0 Å². The number of ether oxygens (including phenoxy) is 3. The Balaban J connectivity index is 2.31. The van der Waals surface area contributed by atoms with Gasteiger partial charge in [0.25, 0.3) is 16.6 Å². The van der Waals surface area contributed by atoms with Crippen LogP contribution in [0.15, 0.2) is 47.9 Å².